The molecule has 0 unspecified atom stereocenters. The van der Waals surface area contributed by atoms with Crippen LogP contribution in [0.15, 0.2) is 39.4 Å². The van der Waals surface area contributed by atoms with E-state index in [1.165, 1.54) is 5.56 Å². The lowest BCUT2D eigenvalue weighted by Gasteiger charge is -2.09. The quantitative estimate of drug-likeness (QED) is 0.861. The van der Waals surface area contributed by atoms with Crippen molar-refractivity contribution in [2.45, 2.75) is 6.54 Å². The molecule has 0 saturated heterocycles. The standard InChI is InChI=1S/C12H12Br2N4/c1-15-12-17-7-10(14)11(18-12)16-6-8-4-2-3-5-9(8)13/h2-5,7H,6H2,1H3,(H2,15,16,17,18). The van der Waals surface area contributed by atoms with Crippen molar-refractivity contribution < 1.29 is 0 Å². The van der Waals surface area contributed by atoms with Gasteiger partial charge in [0, 0.05) is 24.3 Å². The van der Waals surface area contributed by atoms with Crippen LogP contribution in [0, 0.1) is 0 Å². The number of benzene rings is 1. The minimum Gasteiger partial charge on any atom is -0.365 e. The van der Waals surface area contributed by atoms with Crippen molar-refractivity contribution in [2.24, 2.45) is 0 Å². The van der Waals surface area contributed by atoms with E-state index in [0.29, 0.717) is 12.5 Å². The molecule has 6 heteroatoms. The van der Waals surface area contributed by atoms with Gasteiger partial charge in [-0.15, -0.1) is 0 Å². The second-order valence-corrected chi connectivity index (χ2v) is 5.29. The monoisotopic (exact) mass is 370 g/mol. The smallest absolute Gasteiger partial charge is 0.224 e. The summed E-state index contributed by atoms with van der Waals surface area (Å²) in [6.07, 6.45) is 1.72. The van der Waals surface area contributed by atoms with Gasteiger partial charge >= 0.3 is 0 Å². The summed E-state index contributed by atoms with van der Waals surface area (Å²) in [5, 5.41) is 6.19. The van der Waals surface area contributed by atoms with Crippen molar-refractivity contribution in [3.8, 4) is 0 Å². The summed E-state index contributed by atoms with van der Waals surface area (Å²) in [5.41, 5.74) is 1.18. The fraction of sp³-hybridized carbons (Fsp3) is 0.167. The van der Waals surface area contributed by atoms with Crippen LogP contribution in [0.4, 0.5) is 11.8 Å². The maximum Gasteiger partial charge on any atom is 0.224 e. The Kier molecular flexibility index (Phi) is 4.54. The van der Waals surface area contributed by atoms with Gasteiger partial charge in [0.1, 0.15) is 5.82 Å². The Morgan fingerprint density at radius 3 is 2.67 bits per heavy atom. The molecule has 0 radical (unpaired) electrons. The Morgan fingerprint density at radius 2 is 1.94 bits per heavy atom. The summed E-state index contributed by atoms with van der Waals surface area (Å²) >= 11 is 6.94. The van der Waals surface area contributed by atoms with E-state index in [2.05, 4.69) is 58.5 Å². The SMILES string of the molecule is CNc1ncc(Br)c(NCc2ccccc2Br)n1. The van der Waals surface area contributed by atoms with Crippen molar-refractivity contribution in [1.29, 1.82) is 0 Å². The van der Waals surface area contributed by atoms with Crippen molar-refractivity contribution in [3.05, 3.63) is 45.0 Å². The topological polar surface area (TPSA) is 49.8 Å². The van der Waals surface area contributed by atoms with Gasteiger partial charge in [-0.3, -0.25) is 0 Å². The molecule has 4 nitrogen and oxygen atoms in total. The first kappa shape index (κ1) is 13.3. The van der Waals surface area contributed by atoms with Crippen LogP contribution in [0.25, 0.3) is 0 Å². The predicted octanol–water partition coefficient (Wildman–Crippen LogP) is 3.66. The van der Waals surface area contributed by atoms with E-state index in [-0.39, 0.29) is 0 Å². The predicted molar refractivity (Wildman–Crippen MR) is 80.7 cm³/mol. The number of rotatable bonds is 4. The Bertz CT molecular complexity index is 545. The van der Waals surface area contributed by atoms with Gasteiger partial charge in [0.05, 0.1) is 4.47 Å². The van der Waals surface area contributed by atoms with Gasteiger partial charge < -0.3 is 10.6 Å². The summed E-state index contributed by atoms with van der Waals surface area (Å²) in [7, 11) is 1.79. The van der Waals surface area contributed by atoms with E-state index in [4.69, 9.17) is 0 Å². The van der Waals surface area contributed by atoms with Crippen LogP contribution in [-0.2, 0) is 6.54 Å². The fourth-order valence-corrected chi connectivity index (χ4v) is 2.19. The second kappa shape index (κ2) is 6.15. The first-order chi connectivity index (χ1) is 8.70. The number of halogens is 2. The van der Waals surface area contributed by atoms with Gasteiger partial charge in [-0.2, -0.15) is 4.98 Å². The molecule has 0 amide bonds. The highest BCUT2D eigenvalue weighted by Gasteiger charge is 2.05. The summed E-state index contributed by atoms with van der Waals surface area (Å²) in [4.78, 5) is 8.45. The van der Waals surface area contributed by atoms with Gasteiger partial charge in [0.15, 0.2) is 0 Å². The lowest BCUT2D eigenvalue weighted by molar-refractivity contribution is 1.06. The lowest BCUT2D eigenvalue weighted by Crippen LogP contribution is -2.05. The Balaban J connectivity index is 2.13. The van der Waals surface area contributed by atoms with Crippen LogP contribution in [0.5, 0.6) is 0 Å². The number of hydrogen-bond acceptors (Lipinski definition) is 4. The molecule has 1 heterocycles. The number of nitrogens with zero attached hydrogens (tertiary/aromatic N) is 2. The summed E-state index contributed by atoms with van der Waals surface area (Å²) in [5.74, 6) is 1.36. The Morgan fingerprint density at radius 1 is 1.17 bits per heavy atom. The van der Waals surface area contributed by atoms with Gasteiger partial charge in [-0.1, -0.05) is 34.1 Å². The Hall–Kier alpha value is -1.14. The molecule has 0 atom stereocenters. The van der Waals surface area contributed by atoms with Crippen LogP contribution >= 0.6 is 31.9 Å². The highest BCUT2D eigenvalue weighted by atomic mass is 79.9. The Labute approximate surface area is 122 Å². The second-order valence-electron chi connectivity index (χ2n) is 3.59. The third kappa shape index (κ3) is 3.20. The van der Waals surface area contributed by atoms with E-state index in [9.17, 15) is 0 Å². The molecular formula is C12H12Br2N4. The van der Waals surface area contributed by atoms with Gasteiger partial charge in [-0.05, 0) is 27.6 Å². The fourth-order valence-electron chi connectivity index (χ4n) is 1.43. The minimum absolute atomic E-state index is 0.591. The highest BCUT2D eigenvalue weighted by Crippen LogP contribution is 2.22. The zero-order chi connectivity index (χ0) is 13.0. The average molecular weight is 372 g/mol. The van der Waals surface area contributed by atoms with E-state index < -0.39 is 0 Å². The first-order valence-electron chi connectivity index (χ1n) is 5.38. The van der Waals surface area contributed by atoms with Crippen LogP contribution < -0.4 is 10.6 Å². The molecular weight excluding hydrogens is 360 g/mol. The first-order valence-corrected chi connectivity index (χ1v) is 6.97. The normalized spacial score (nSPS) is 10.2. The average Bonchev–Trinajstić information content (AvgIpc) is 2.39. The van der Waals surface area contributed by atoms with Crippen LogP contribution in [0.2, 0.25) is 0 Å². The summed E-state index contributed by atoms with van der Waals surface area (Å²) < 4.78 is 1.92. The molecule has 0 spiro atoms. The van der Waals surface area contributed by atoms with Crippen LogP contribution in [-0.4, -0.2) is 17.0 Å². The summed E-state index contributed by atoms with van der Waals surface area (Å²) in [6.45, 7) is 0.695. The molecule has 2 aromatic rings. The highest BCUT2D eigenvalue weighted by molar-refractivity contribution is 9.10. The van der Waals surface area contributed by atoms with Gasteiger partial charge in [0.25, 0.3) is 0 Å². The van der Waals surface area contributed by atoms with Crippen LogP contribution in [0.1, 0.15) is 5.56 Å². The van der Waals surface area contributed by atoms with Crippen molar-refractivity contribution in [1.82, 2.24) is 9.97 Å². The molecule has 0 bridgehead atoms. The maximum atomic E-state index is 4.34. The molecule has 1 aromatic carbocycles. The van der Waals surface area contributed by atoms with Crippen LogP contribution in [0.3, 0.4) is 0 Å². The molecule has 1 aromatic heterocycles. The van der Waals surface area contributed by atoms with Crippen molar-refractivity contribution in [2.75, 3.05) is 17.7 Å². The molecule has 2 rings (SSSR count). The minimum atomic E-state index is 0.591. The van der Waals surface area contributed by atoms with E-state index in [0.717, 1.165) is 14.8 Å². The molecule has 0 aliphatic carbocycles. The maximum absolute atomic E-state index is 4.34. The molecule has 94 valence electrons. The number of nitrogens with one attached hydrogen (secondary N) is 2. The summed E-state index contributed by atoms with van der Waals surface area (Å²) in [6, 6.07) is 8.08. The molecule has 18 heavy (non-hydrogen) atoms. The van der Waals surface area contributed by atoms with Crippen molar-refractivity contribution in [3.63, 3.8) is 0 Å². The van der Waals surface area contributed by atoms with Gasteiger partial charge in [-0.25, -0.2) is 4.98 Å². The molecule has 2 N–H and O–H groups in total. The molecule has 0 fully saturated rings. The zero-order valence-electron chi connectivity index (χ0n) is 9.74. The largest absolute Gasteiger partial charge is 0.365 e. The number of aromatic nitrogens is 2. The molecule has 0 aliphatic heterocycles. The number of anilines is 2. The number of hydrogen-bond donors (Lipinski definition) is 2. The molecule has 0 aliphatic rings. The van der Waals surface area contributed by atoms with E-state index >= 15 is 0 Å². The zero-order valence-corrected chi connectivity index (χ0v) is 12.9. The third-order valence-corrected chi connectivity index (χ3v) is 3.73. The lowest BCUT2D eigenvalue weighted by atomic mass is 10.2. The van der Waals surface area contributed by atoms with E-state index in [1.807, 2.05) is 18.2 Å². The van der Waals surface area contributed by atoms with E-state index in [1.54, 1.807) is 13.2 Å². The molecule has 0 saturated carbocycles. The van der Waals surface area contributed by atoms with Gasteiger partial charge in [0.2, 0.25) is 5.95 Å². The van der Waals surface area contributed by atoms with Crippen molar-refractivity contribution >= 4 is 43.6 Å². The third-order valence-electron chi connectivity index (χ3n) is 2.37.